The Hall–Kier alpha value is -1.36. The number of rotatable bonds is 9. The summed E-state index contributed by atoms with van der Waals surface area (Å²) in [7, 11) is 3.11. The molecule has 0 bridgehead atoms. The molecule has 0 aliphatic rings. The molecule has 1 aromatic rings. The van der Waals surface area contributed by atoms with Gasteiger partial charge in [0.15, 0.2) is 5.96 Å². The Labute approximate surface area is 158 Å². The van der Waals surface area contributed by atoms with E-state index in [4.69, 9.17) is 9.47 Å². The lowest BCUT2D eigenvalue weighted by Crippen LogP contribution is -2.38. The topological polar surface area (TPSA) is 64.1 Å². The number of ether oxygens (including phenoxy) is 3. The molecule has 0 spiro atoms. The standard InChI is InChI=1S/C15H23F2N3O3.HI/c1-4-18-15(19-7-8-21-2)20-10-11-9-12(22-3)5-6-13(11)23-14(16)17;/h5-6,9,14H,4,7-8,10H2,1-3H3,(H2,18,19,20);1H. The van der Waals surface area contributed by atoms with Crippen molar-refractivity contribution >= 4 is 29.9 Å². The van der Waals surface area contributed by atoms with Crippen molar-refractivity contribution in [2.45, 2.75) is 20.1 Å². The fraction of sp³-hybridized carbons (Fsp3) is 0.533. The van der Waals surface area contributed by atoms with Crippen LogP contribution in [0.25, 0.3) is 0 Å². The average Bonchev–Trinajstić information content (AvgIpc) is 2.53. The van der Waals surface area contributed by atoms with E-state index < -0.39 is 6.61 Å². The maximum absolute atomic E-state index is 12.5. The zero-order valence-electron chi connectivity index (χ0n) is 14.0. The molecule has 1 rings (SSSR count). The van der Waals surface area contributed by atoms with Gasteiger partial charge in [-0.2, -0.15) is 8.78 Å². The molecule has 0 aromatic heterocycles. The predicted octanol–water partition coefficient (Wildman–Crippen LogP) is 2.62. The highest BCUT2D eigenvalue weighted by molar-refractivity contribution is 14.0. The van der Waals surface area contributed by atoms with Gasteiger partial charge in [0.1, 0.15) is 11.5 Å². The number of benzene rings is 1. The lowest BCUT2D eigenvalue weighted by molar-refractivity contribution is -0.0504. The van der Waals surface area contributed by atoms with E-state index in [0.29, 0.717) is 37.0 Å². The van der Waals surface area contributed by atoms with Crippen molar-refractivity contribution in [2.75, 3.05) is 33.9 Å². The van der Waals surface area contributed by atoms with E-state index in [1.54, 1.807) is 19.2 Å². The first-order chi connectivity index (χ1) is 11.1. The van der Waals surface area contributed by atoms with Crippen LogP contribution in [0.15, 0.2) is 23.2 Å². The van der Waals surface area contributed by atoms with E-state index in [2.05, 4.69) is 20.4 Å². The van der Waals surface area contributed by atoms with Gasteiger partial charge in [-0.25, -0.2) is 4.99 Å². The van der Waals surface area contributed by atoms with Crippen molar-refractivity contribution in [3.8, 4) is 11.5 Å². The molecule has 0 aliphatic heterocycles. The minimum atomic E-state index is -2.89. The molecule has 0 heterocycles. The van der Waals surface area contributed by atoms with Gasteiger partial charge < -0.3 is 24.8 Å². The lowest BCUT2D eigenvalue weighted by Gasteiger charge is -2.13. The van der Waals surface area contributed by atoms with Gasteiger partial charge in [-0.1, -0.05) is 0 Å². The number of methoxy groups -OCH3 is 2. The molecule has 24 heavy (non-hydrogen) atoms. The maximum Gasteiger partial charge on any atom is 0.387 e. The summed E-state index contributed by atoms with van der Waals surface area (Å²) in [6.07, 6.45) is 0. The highest BCUT2D eigenvalue weighted by Crippen LogP contribution is 2.26. The molecule has 6 nitrogen and oxygen atoms in total. The molecule has 9 heteroatoms. The first kappa shape index (κ1) is 22.6. The van der Waals surface area contributed by atoms with Crippen LogP contribution in [0, 0.1) is 0 Å². The van der Waals surface area contributed by atoms with Crippen molar-refractivity contribution < 1.29 is 23.0 Å². The smallest absolute Gasteiger partial charge is 0.387 e. The second kappa shape index (κ2) is 13.0. The molecular weight excluding hydrogens is 435 g/mol. The number of halogens is 3. The van der Waals surface area contributed by atoms with Gasteiger partial charge in [0.25, 0.3) is 0 Å². The molecule has 2 N–H and O–H groups in total. The molecule has 0 saturated heterocycles. The van der Waals surface area contributed by atoms with Crippen LogP contribution in [0.3, 0.4) is 0 Å². The first-order valence-corrected chi connectivity index (χ1v) is 7.23. The molecular formula is C15H24F2IN3O3. The molecule has 0 saturated carbocycles. The molecule has 0 fully saturated rings. The predicted molar refractivity (Wildman–Crippen MR) is 99.7 cm³/mol. The Morgan fingerprint density at radius 3 is 2.58 bits per heavy atom. The van der Waals surface area contributed by atoms with E-state index >= 15 is 0 Å². The van der Waals surface area contributed by atoms with Gasteiger partial charge in [-0.15, -0.1) is 24.0 Å². The van der Waals surface area contributed by atoms with Gasteiger partial charge in [0.2, 0.25) is 0 Å². The van der Waals surface area contributed by atoms with Crippen molar-refractivity contribution in [2.24, 2.45) is 4.99 Å². The van der Waals surface area contributed by atoms with E-state index in [1.807, 2.05) is 6.92 Å². The van der Waals surface area contributed by atoms with Gasteiger partial charge in [0, 0.05) is 25.8 Å². The summed E-state index contributed by atoms with van der Waals surface area (Å²) in [6, 6.07) is 4.63. The first-order valence-electron chi connectivity index (χ1n) is 7.23. The number of aliphatic imine (C=N–C) groups is 1. The van der Waals surface area contributed by atoms with Gasteiger partial charge in [0.05, 0.1) is 20.3 Å². The summed E-state index contributed by atoms with van der Waals surface area (Å²) >= 11 is 0. The Bertz CT molecular complexity index is 505. The fourth-order valence-corrected chi connectivity index (χ4v) is 1.79. The number of hydrogen-bond acceptors (Lipinski definition) is 4. The normalized spacial score (nSPS) is 11.0. The molecule has 0 unspecified atom stereocenters. The Kier molecular flexibility index (Phi) is 12.3. The van der Waals surface area contributed by atoms with Crippen LogP contribution in [0.5, 0.6) is 11.5 Å². The lowest BCUT2D eigenvalue weighted by atomic mass is 10.2. The van der Waals surface area contributed by atoms with Crippen LogP contribution < -0.4 is 20.1 Å². The SMILES string of the molecule is CCNC(=NCc1cc(OC)ccc1OC(F)F)NCCOC.I. The zero-order chi connectivity index (χ0) is 17.1. The molecule has 0 amide bonds. The summed E-state index contributed by atoms with van der Waals surface area (Å²) in [5.41, 5.74) is 0.508. The quantitative estimate of drug-likeness (QED) is 0.257. The summed E-state index contributed by atoms with van der Waals surface area (Å²) in [5, 5.41) is 6.14. The summed E-state index contributed by atoms with van der Waals surface area (Å²) in [4.78, 5) is 4.36. The second-order valence-electron chi connectivity index (χ2n) is 4.47. The van der Waals surface area contributed by atoms with Crippen LogP contribution in [-0.4, -0.2) is 46.5 Å². The van der Waals surface area contributed by atoms with Crippen LogP contribution in [0.4, 0.5) is 8.78 Å². The Morgan fingerprint density at radius 1 is 1.25 bits per heavy atom. The van der Waals surface area contributed by atoms with Crippen LogP contribution in [0.2, 0.25) is 0 Å². The number of hydrogen-bond donors (Lipinski definition) is 2. The number of guanidine groups is 1. The van der Waals surface area contributed by atoms with Gasteiger partial charge in [-0.05, 0) is 25.1 Å². The minimum absolute atomic E-state index is 0. The molecule has 138 valence electrons. The summed E-state index contributed by atoms with van der Waals surface area (Å²) < 4.78 is 39.5. The third-order valence-electron chi connectivity index (χ3n) is 2.83. The van der Waals surface area contributed by atoms with E-state index in [9.17, 15) is 8.78 Å². The number of nitrogens with one attached hydrogen (secondary N) is 2. The van der Waals surface area contributed by atoms with Gasteiger partial charge >= 0.3 is 6.61 Å². The average molecular weight is 459 g/mol. The van der Waals surface area contributed by atoms with E-state index in [0.717, 1.165) is 0 Å². The third-order valence-corrected chi connectivity index (χ3v) is 2.83. The Balaban J connectivity index is 0.00000529. The molecule has 0 atom stereocenters. The highest BCUT2D eigenvalue weighted by atomic mass is 127. The van der Waals surface area contributed by atoms with Crippen LogP contribution in [0.1, 0.15) is 12.5 Å². The minimum Gasteiger partial charge on any atom is -0.497 e. The highest BCUT2D eigenvalue weighted by Gasteiger charge is 2.11. The van der Waals surface area contributed by atoms with Crippen molar-refractivity contribution in [3.63, 3.8) is 0 Å². The Morgan fingerprint density at radius 2 is 2.00 bits per heavy atom. The van der Waals surface area contributed by atoms with E-state index in [-0.39, 0.29) is 36.3 Å². The monoisotopic (exact) mass is 459 g/mol. The van der Waals surface area contributed by atoms with Gasteiger partial charge in [-0.3, -0.25) is 0 Å². The number of alkyl halides is 2. The fourth-order valence-electron chi connectivity index (χ4n) is 1.79. The molecule has 0 radical (unpaired) electrons. The van der Waals surface area contributed by atoms with E-state index in [1.165, 1.54) is 13.2 Å². The maximum atomic E-state index is 12.5. The van der Waals surface area contributed by atoms with Crippen molar-refractivity contribution in [1.29, 1.82) is 0 Å². The largest absolute Gasteiger partial charge is 0.497 e. The third kappa shape index (κ3) is 8.48. The second-order valence-corrected chi connectivity index (χ2v) is 4.47. The summed E-state index contributed by atoms with van der Waals surface area (Å²) in [5.74, 6) is 1.20. The van der Waals surface area contributed by atoms with Crippen molar-refractivity contribution in [3.05, 3.63) is 23.8 Å². The molecule has 1 aromatic carbocycles. The van der Waals surface area contributed by atoms with Crippen LogP contribution in [-0.2, 0) is 11.3 Å². The van der Waals surface area contributed by atoms with Crippen molar-refractivity contribution in [1.82, 2.24) is 10.6 Å². The number of nitrogens with zero attached hydrogens (tertiary/aromatic N) is 1. The zero-order valence-corrected chi connectivity index (χ0v) is 16.3. The molecule has 0 aliphatic carbocycles. The summed E-state index contributed by atoms with van der Waals surface area (Å²) in [6.45, 7) is 1.01. The van der Waals surface area contributed by atoms with Crippen LogP contribution >= 0.6 is 24.0 Å².